The van der Waals surface area contributed by atoms with Crippen molar-refractivity contribution in [3.05, 3.63) is 0 Å². The molecule has 0 radical (unpaired) electrons. The first-order chi connectivity index (χ1) is 6.29. The Labute approximate surface area is 81.3 Å². The number of hydrogen-bond donors (Lipinski definition) is 1. The van der Waals surface area contributed by atoms with Gasteiger partial charge in [-0.15, -0.1) is 0 Å². The molecule has 1 fully saturated rings. The summed E-state index contributed by atoms with van der Waals surface area (Å²) in [6.07, 6.45) is 5.91. The molecule has 1 atom stereocenters. The van der Waals surface area contributed by atoms with Gasteiger partial charge in [0.05, 0.1) is 6.10 Å². The van der Waals surface area contributed by atoms with Gasteiger partial charge < -0.3 is 9.84 Å². The van der Waals surface area contributed by atoms with Crippen LogP contribution < -0.4 is 0 Å². The average molecular weight is 186 g/mol. The summed E-state index contributed by atoms with van der Waals surface area (Å²) in [5, 5.41) is 9.07. The second-order valence-corrected chi connectivity index (χ2v) is 4.04. The van der Waals surface area contributed by atoms with E-state index in [2.05, 4.69) is 13.8 Å². The maximum Gasteiger partial charge on any atom is 0.0632 e. The van der Waals surface area contributed by atoms with Crippen LogP contribution in [0.1, 0.15) is 46.0 Å². The average Bonchev–Trinajstić information content (AvgIpc) is 2.68. The van der Waals surface area contributed by atoms with Gasteiger partial charge >= 0.3 is 0 Å². The fourth-order valence-electron chi connectivity index (χ4n) is 2.50. The van der Waals surface area contributed by atoms with Gasteiger partial charge in [-0.05, 0) is 37.5 Å². The summed E-state index contributed by atoms with van der Waals surface area (Å²) in [5.41, 5.74) is 0.241. The van der Waals surface area contributed by atoms with Crippen LogP contribution >= 0.6 is 0 Å². The first-order valence-corrected chi connectivity index (χ1v) is 5.51. The monoisotopic (exact) mass is 186 g/mol. The predicted molar refractivity (Wildman–Crippen MR) is 53.7 cm³/mol. The van der Waals surface area contributed by atoms with Gasteiger partial charge in [0.15, 0.2) is 0 Å². The lowest BCUT2D eigenvalue weighted by molar-refractivity contribution is -0.0207. The third kappa shape index (κ3) is 2.23. The van der Waals surface area contributed by atoms with E-state index in [1.165, 1.54) is 12.8 Å². The molecule has 13 heavy (non-hydrogen) atoms. The molecule has 1 unspecified atom stereocenters. The van der Waals surface area contributed by atoms with Gasteiger partial charge in [0.25, 0.3) is 0 Å². The highest BCUT2D eigenvalue weighted by Crippen LogP contribution is 2.40. The SMILES string of the molecule is CCC(CC)(CCO)C1CCCO1. The Kier molecular flexibility index (Phi) is 4.20. The van der Waals surface area contributed by atoms with Crippen LogP contribution in [-0.2, 0) is 4.74 Å². The fourth-order valence-corrected chi connectivity index (χ4v) is 2.50. The Hall–Kier alpha value is -0.0800. The highest BCUT2D eigenvalue weighted by atomic mass is 16.5. The zero-order valence-electron chi connectivity index (χ0n) is 8.88. The minimum atomic E-state index is 0.241. The number of rotatable bonds is 5. The highest BCUT2D eigenvalue weighted by molar-refractivity contribution is 4.87. The van der Waals surface area contributed by atoms with E-state index in [0.717, 1.165) is 25.9 Å². The van der Waals surface area contributed by atoms with Gasteiger partial charge in [-0.25, -0.2) is 0 Å². The Morgan fingerprint density at radius 2 is 2.08 bits per heavy atom. The minimum Gasteiger partial charge on any atom is -0.396 e. The van der Waals surface area contributed by atoms with Crippen molar-refractivity contribution in [2.75, 3.05) is 13.2 Å². The zero-order chi connectivity index (χ0) is 9.73. The quantitative estimate of drug-likeness (QED) is 0.714. The van der Waals surface area contributed by atoms with Gasteiger partial charge in [-0.3, -0.25) is 0 Å². The molecule has 1 aliphatic heterocycles. The van der Waals surface area contributed by atoms with Crippen LogP contribution in [0, 0.1) is 5.41 Å². The van der Waals surface area contributed by atoms with E-state index in [0.29, 0.717) is 12.7 Å². The molecule has 0 amide bonds. The second-order valence-electron chi connectivity index (χ2n) is 4.04. The van der Waals surface area contributed by atoms with Gasteiger partial charge in [0.2, 0.25) is 0 Å². The number of aliphatic hydroxyl groups excluding tert-OH is 1. The molecule has 78 valence electrons. The summed E-state index contributed by atoms with van der Waals surface area (Å²) in [7, 11) is 0. The maximum absolute atomic E-state index is 9.07. The molecule has 0 aliphatic carbocycles. The van der Waals surface area contributed by atoms with Crippen molar-refractivity contribution in [2.45, 2.75) is 52.1 Å². The summed E-state index contributed by atoms with van der Waals surface area (Å²) in [4.78, 5) is 0. The summed E-state index contributed by atoms with van der Waals surface area (Å²) < 4.78 is 5.74. The van der Waals surface area contributed by atoms with Crippen molar-refractivity contribution >= 4 is 0 Å². The topological polar surface area (TPSA) is 29.5 Å². The van der Waals surface area contributed by atoms with Gasteiger partial charge in [0.1, 0.15) is 0 Å². The minimum absolute atomic E-state index is 0.241. The van der Waals surface area contributed by atoms with Crippen LogP contribution in [0.15, 0.2) is 0 Å². The maximum atomic E-state index is 9.07. The first kappa shape index (κ1) is 11.0. The van der Waals surface area contributed by atoms with Crippen LogP contribution in [-0.4, -0.2) is 24.4 Å². The molecule has 1 saturated heterocycles. The summed E-state index contributed by atoms with van der Waals surface area (Å²) in [6, 6.07) is 0. The smallest absolute Gasteiger partial charge is 0.0632 e. The molecule has 2 nitrogen and oxygen atoms in total. The molecule has 0 spiro atoms. The number of ether oxygens (including phenoxy) is 1. The Balaban J connectivity index is 2.62. The van der Waals surface area contributed by atoms with E-state index in [1.54, 1.807) is 0 Å². The van der Waals surface area contributed by atoms with Crippen molar-refractivity contribution in [1.29, 1.82) is 0 Å². The Bertz CT molecular complexity index is 135. The van der Waals surface area contributed by atoms with Crippen molar-refractivity contribution in [1.82, 2.24) is 0 Å². The summed E-state index contributed by atoms with van der Waals surface area (Å²) >= 11 is 0. The molecule has 1 N–H and O–H groups in total. The largest absolute Gasteiger partial charge is 0.396 e. The van der Waals surface area contributed by atoms with Gasteiger partial charge in [-0.2, -0.15) is 0 Å². The van der Waals surface area contributed by atoms with Crippen LogP contribution in [0.4, 0.5) is 0 Å². The van der Waals surface area contributed by atoms with E-state index in [1.807, 2.05) is 0 Å². The van der Waals surface area contributed by atoms with Crippen molar-refractivity contribution in [2.24, 2.45) is 5.41 Å². The van der Waals surface area contributed by atoms with Crippen LogP contribution in [0.2, 0.25) is 0 Å². The van der Waals surface area contributed by atoms with Crippen molar-refractivity contribution in [3.8, 4) is 0 Å². The van der Waals surface area contributed by atoms with Crippen molar-refractivity contribution in [3.63, 3.8) is 0 Å². The molecular weight excluding hydrogens is 164 g/mol. The molecule has 0 aromatic heterocycles. The first-order valence-electron chi connectivity index (χ1n) is 5.51. The highest BCUT2D eigenvalue weighted by Gasteiger charge is 2.37. The van der Waals surface area contributed by atoms with E-state index >= 15 is 0 Å². The molecule has 0 saturated carbocycles. The lowest BCUT2D eigenvalue weighted by Gasteiger charge is -2.36. The molecule has 1 rings (SSSR count). The zero-order valence-corrected chi connectivity index (χ0v) is 8.88. The summed E-state index contributed by atoms with van der Waals surface area (Å²) in [5.74, 6) is 0. The lowest BCUT2D eigenvalue weighted by Crippen LogP contribution is -2.34. The normalized spacial score (nSPS) is 23.8. The summed E-state index contributed by atoms with van der Waals surface area (Å²) in [6.45, 7) is 5.63. The molecule has 1 heterocycles. The Morgan fingerprint density at radius 3 is 2.46 bits per heavy atom. The number of hydrogen-bond acceptors (Lipinski definition) is 2. The lowest BCUT2D eigenvalue weighted by atomic mass is 9.73. The molecular formula is C11H22O2. The second kappa shape index (κ2) is 4.97. The van der Waals surface area contributed by atoms with E-state index in [-0.39, 0.29) is 5.41 Å². The molecule has 1 aliphatic rings. The Morgan fingerprint density at radius 1 is 1.38 bits per heavy atom. The molecule has 0 aromatic carbocycles. The standard InChI is InChI=1S/C11H22O2/c1-3-11(4-2,7-8-12)10-6-5-9-13-10/h10,12H,3-9H2,1-2H3. The third-order valence-electron chi connectivity index (χ3n) is 3.63. The fraction of sp³-hybridized carbons (Fsp3) is 1.00. The van der Waals surface area contributed by atoms with E-state index in [4.69, 9.17) is 9.84 Å². The third-order valence-corrected chi connectivity index (χ3v) is 3.63. The van der Waals surface area contributed by atoms with Gasteiger partial charge in [-0.1, -0.05) is 13.8 Å². The molecule has 2 heteroatoms. The van der Waals surface area contributed by atoms with Crippen molar-refractivity contribution < 1.29 is 9.84 Å². The molecule has 0 aromatic rings. The van der Waals surface area contributed by atoms with E-state index < -0.39 is 0 Å². The molecule has 0 bridgehead atoms. The van der Waals surface area contributed by atoms with Crippen LogP contribution in [0.3, 0.4) is 0 Å². The van der Waals surface area contributed by atoms with Crippen LogP contribution in [0.5, 0.6) is 0 Å². The predicted octanol–water partition coefficient (Wildman–Crippen LogP) is 2.35. The van der Waals surface area contributed by atoms with E-state index in [9.17, 15) is 0 Å². The van der Waals surface area contributed by atoms with Gasteiger partial charge in [0, 0.05) is 13.2 Å². The number of aliphatic hydroxyl groups is 1. The van der Waals surface area contributed by atoms with Crippen LogP contribution in [0.25, 0.3) is 0 Å².